The van der Waals surface area contributed by atoms with Crippen LogP contribution >= 0.6 is 11.6 Å². The Morgan fingerprint density at radius 3 is 2.21 bits per heavy atom. The number of fused-ring (bicyclic) bond motifs is 1. The molecule has 2 aromatic carbocycles. The molecular formula is C22H26ClN5. The normalized spacial score (nSPS) is 14.5. The Labute approximate surface area is 171 Å². The maximum Gasteiger partial charge on any atom is 0.228 e. The van der Waals surface area contributed by atoms with Gasteiger partial charge in [0.05, 0.1) is 16.2 Å². The van der Waals surface area contributed by atoms with Gasteiger partial charge >= 0.3 is 0 Å². The summed E-state index contributed by atoms with van der Waals surface area (Å²) in [6.07, 6.45) is 0. The molecule has 2 heterocycles. The monoisotopic (exact) mass is 395 g/mol. The maximum absolute atomic E-state index is 6.38. The number of nitrogens with zero attached hydrogens (tertiary/aromatic N) is 5. The molecule has 1 aromatic heterocycles. The second-order valence-corrected chi connectivity index (χ2v) is 7.37. The van der Waals surface area contributed by atoms with Crippen molar-refractivity contribution in [2.45, 2.75) is 13.8 Å². The van der Waals surface area contributed by atoms with Crippen LogP contribution < -0.4 is 14.7 Å². The summed E-state index contributed by atoms with van der Waals surface area (Å²) in [6, 6.07) is 16.3. The number of aromatic nitrogens is 2. The van der Waals surface area contributed by atoms with Crippen molar-refractivity contribution in [2.75, 3.05) is 54.0 Å². The molecule has 0 N–H and O–H groups in total. The highest BCUT2D eigenvalue weighted by Gasteiger charge is 2.22. The summed E-state index contributed by atoms with van der Waals surface area (Å²) in [5.74, 6) is 1.85. The zero-order valence-corrected chi connectivity index (χ0v) is 17.2. The summed E-state index contributed by atoms with van der Waals surface area (Å²) < 4.78 is 0. The van der Waals surface area contributed by atoms with Crippen LogP contribution in [0.25, 0.3) is 10.9 Å². The van der Waals surface area contributed by atoms with Crippen molar-refractivity contribution in [1.29, 1.82) is 0 Å². The van der Waals surface area contributed by atoms with Crippen molar-refractivity contribution in [3.8, 4) is 0 Å². The summed E-state index contributed by atoms with van der Waals surface area (Å²) in [4.78, 5) is 16.8. The van der Waals surface area contributed by atoms with Crippen LogP contribution in [-0.2, 0) is 0 Å². The molecule has 1 aliphatic rings. The van der Waals surface area contributed by atoms with E-state index in [1.807, 2.05) is 24.3 Å². The van der Waals surface area contributed by atoms with E-state index in [9.17, 15) is 0 Å². The molecular weight excluding hydrogens is 370 g/mol. The lowest BCUT2D eigenvalue weighted by molar-refractivity contribution is 0.640. The molecule has 0 spiro atoms. The van der Waals surface area contributed by atoms with Gasteiger partial charge in [0.1, 0.15) is 5.82 Å². The molecule has 0 bridgehead atoms. The van der Waals surface area contributed by atoms with Crippen molar-refractivity contribution in [3.05, 3.63) is 53.6 Å². The van der Waals surface area contributed by atoms with Crippen LogP contribution in [0.4, 0.5) is 17.5 Å². The maximum atomic E-state index is 6.38. The summed E-state index contributed by atoms with van der Waals surface area (Å²) >= 11 is 6.38. The molecule has 4 rings (SSSR count). The number of anilines is 3. The Balaban J connectivity index is 1.61. The third-order valence-electron chi connectivity index (χ3n) is 5.39. The van der Waals surface area contributed by atoms with Crippen molar-refractivity contribution >= 4 is 40.0 Å². The fraction of sp³-hybridized carbons (Fsp3) is 0.364. The van der Waals surface area contributed by atoms with Gasteiger partial charge in [0.15, 0.2) is 0 Å². The van der Waals surface area contributed by atoms with E-state index in [4.69, 9.17) is 21.6 Å². The van der Waals surface area contributed by atoms with Gasteiger partial charge in [-0.1, -0.05) is 35.9 Å². The minimum Gasteiger partial charge on any atom is -0.367 e. The van der Waals surface area contributed by atoms with E-state index >= 15 is 0 Å². The molecule has 0 atom stereocenters. The Morgan fingerprint density at radius 2 is 1.50 bits per heavy atom. The molecule has 0 unspecified atom stereocenters. The van der Waals surface area contributed by atoms with Crippen molar-refractivity contribution in [3.63, 3.8) is 0 Å². The first-order chi connectivity index (χ1) is 13.7. The summed E-state index contributed by atoms with van der Waals surface area (Å²) in [5, 5.41) is 1.92. The Hall–Kier alpha value is -2.53. The van der Waals surface area contributed by atoms with Gasteiger partial charge in [-0.15, -0.1) is 0 Å². The first kappa shape index (κ1) is 18.8. The van der Waals surface area contributed by atoms with Gasteiger partial charge in [0, 0.05) is 44.7 Å². The van der Waals surface area contributed by atoms with E-state index < -0.39 is 0 Å². The minimum absolute atomic E-state index is 0.807. The fourth-order valence-corrected chi connectivity index (χ4v) is 4.06. The van der Waals surface area contributed by atoms with Gasteiger partial charge < -0.3 is 14.7 Å². The second-order valence-electron chi connectivity index (χ2n) is 6.96. The number of halogens is 1. The first-order valence-corrected chi connectivity index (χ1v) is 10.3. The van der Waals surface area contributed by atoms with Crippen LogP contribution in [0.1, 0.15) is 13.8 Å². The number of benzene rings is 2. The van der Waals surface area contributed by atoms with E-state index in [0.717, 1.165) is 72.6 Å². The lowest BCUT2D eigenvalue weighted by Crippen LogP contribution is -2.47. The van der Waals surface area contributed by atoms with Crippen molar-refractivity contribution in [1.82, 2.24) is 9.97 Å². The number of para-hydroxylation sites is 2. The second kappa shape index (κ2) is 8.23. The van der Waals surface area contributed by atoms with E-state index in [2.05, 4.69) is 52.8 Å². The molecule has 28 heavy (non-hydrogen) atoms. The number of hydrogen-bond donors (Lipinski definition) is 0. The van der Waals surface area contributed by atoms with E-state index in [-0.39, 0.29) is 0 Å². The van der Waals surface area contributed by atoms with E-state index in [0.29, 0.717) is 0 Å². The summed E-state index contributed by atoms with van der Waals surface area (Å²) in [6.45, 7) is 9.75. The molecule has 0 radical (unpaired) electrons. The zero-order valence-electron chi connectivity index (χ0n) is 16.5. The Morgan fingerprint density at radius 1 is 0.857 bits per heavy atom. The molecule has 6 heteroatoms. The highest BCUT2D eigenvalue weighted by molar-refractivity contribution is 6.33. The van der Waals surface area contributed by atoms with Gasteiger partial charge in [-0.05, 0) is 38.1 Å². The largest absolute Gasteiger partial charge is 0.367 e. The topological polar surface area (TPSA) is 35.5 Å². The smallest absolute Gasteiger partial charge is 0.228 e. The lowest BCUT2D eigenvalue weighted by atomic mass is 10.2. The first-order valence-electron chi connectivity index (χ1n) is 9.97. The molecule has 1 fully saturated rings. The van der Waals surface area contributed by atoms with Crippen molar-refractivity contribution < 1.29 is 0 Å². The van der Waals surface area contributed by atoms with Gasteiger partial charge in [-0.3, -0.25) is 0 Å². The zero-order chi connectivity index (χ0) is 19.5. The molecule has 1 aliphatic heterocycles. The third kappa shape index (κ3) is 3.59. The number of rotatable bonds is 5. The number of piperazine rings is 1. The predicted octanol–water partition coefficient (Wildman–Crippen LogP) is 4.46. The minimum atomic E-state index is 0.807. The Kier molecular flexibility index (Phi) is 5.53. The molecule has 0 aliphatic carbocycles. The highest BCUT2D eigenvalue weighted by atomic mass is 35.5. The fourth-order valence-electron chi connectivity index (χ4n) is 3.81. The molecule has 3 aromatic rings. The third-order valence-corrected chi connectivity index (χ3v) is 5.71. The SMILES string of the molecule is CCN(CC)c1nc(N2CCN(c3ccccc3Cl)CC2)nc2ccccc12. The van der Waals surface area contributed by atoms with E-state index in [1.165, 1.54) is 0 Å². The van der Waals surface area contributed by atoms with Gasteiger partial charge in [0.2, 0.25) is 5.95 Å². The molecule has 5 nitrogen and oxygen atoms in total. The predicted molar refractivity (Wildman–Crippen MR) is 119 cm³/mol. The van der Waals surface area contributed by atoms with Crippen LogP contribution in [0.2, 0.25) is 5.02 Å². The average molecular weight is 396 g/mol. The Bertz CT molecular complexity index is 949. The molecule has 1 saturated heterocycles. The summed E-state index contributed by atoms with van der Waals surface area (Å²) in [5.41, 5.74) is 2.11. The van der Waals surface area contributed by atoms with Crippen molar-refractivity contribution in [2.24, 2.45) is 0 Å². The number of hydrogen-bond acceptors (Lipinski definition) is 5. The van der Waals surface area contributed by atoms with Crippen LogP contribution in [0.3, 0.4) is 0 Å². The van der Waals surface area contributed by atoms with Gasteiger partial charge in [0.25, 0.3) is 0 Å². The standard InChI is InChI=1S/C22H26ClN5/c1-3-26(4-2)21-17-9-5-7-11-19(17)24-22(25-21)28-15-13-27(14-16-28)20-12-8-6-10-18(20)23/h5-12H,3-4,13-16H2,1-2H3. The van der Waals surface area contributed by atoms with Gasteiger partial charge in [-0.2, -0.15) is 4.98 Å². The lowest BCUT2D eigenvalue weighted by Gasteiger charge is -2.37. The van der Waals surface area contributed by atoms with Gasteiger partial charge in [-0.25, -0.2) is 4.98 Å². The molecule has 0 saturated carbocycles. The van der Waals surface area contributed by atoms with Crippen LogP contribution in [-0.4, -0.2) is 49.2 Å². The average Bonchev–Trinajstić information content (AvgIpc) is 2.75. The molecule has 146 valence electrons. The summed E-state index contributed by atoms with van der Waals surface area (Å²) in [7, 11) is 0. The molecule has 0 amide bonds. The van der Waals surface area contributed by atoms with Crippen LogP contribution in [0.5, 0.6) is 0 Å². The van der Waals surface area contributed by atoms with E-state index in [1.54, 1.807) is 0 Å². The van der Waals surface area contributed by atoms with Crippen LogP contribution in [0, 0.1) is 0 Å². The highest BCUT2D eigenvalue weighted by Crippen LogP contribution is 2.29. The van der Waals surface area contributed by atoms with Crippen LogP contribution in [0.15, 0.2) is 48.5 Å². The quantitative estimate of drug-likeness (QED) is 0.637.